The van der Waals surface area contributed by atoms with Crippen molar-refractivity contribution in [3.8, 4) is 11.1 Å². The van der Waals surface area contributed by atoms with Crippen LogP contribution in [0.1, 0.15) is 26.7 Å². The predicted molar refractivity (Wildman–Crippen MR) is 96.4 cm³/mol. The molecule has 0 fully saturated rings. The van der Waals surface area contributed by atoms with Crippen molar-refractivity contribution >= 4 is 22.5 Å². The van der Waals surface area contributed by atoms with E-state index in [-0.39, 0.29) is 11.8 Å². The maximum absolute atomic E-state index is 12.3. The highest BCUT2D eigenvalue weighted by atomic mass is 16.1. The van der Waals surface area contributed by atoms with Gasteiger partial charge in [0, 0.05) is 28.7 Å². The molecular formula is C20H22N2O. The van der Waals surface area contributed by atoms with Crippen LogP contribution in [0.15, 0.2) is 54.7 Å². The summed E-state index contributed by atoms with van der Waals surface area (Å²) in [4.78, 5) is 15.5. The number of anilines is 1. The summed E-state index contributed by atoms with van der Waals surface area (Å²) in [6.45, 7) is 4.10. The molecule has 1 aromatic heterocycles. The lowest BCUT2D eigenvalue weighted by Crippen LogP contribution is -2.21. The number of hydrogen-bond donors (Lipinski definition) is 2. The van der Waals surface area contributed by atoms with Gasteiger partial charge in [-0.1, -0.05) is 38.1 Å². The van der Waals surface area contributed by atoms with Gasteiger partial charge in [-0.25, -0.2) is 0 Å². The number of fused-ring (bicyclic) bond motifs is 1. The van der Waals surface area contributed by atoms with E-state index >= 15 is 0 Å². The molecule has 1 heterocycles. The molecule has 23 heavy (non-hydrogen) atoms. The first kappa shape index (κ1) is 15.3. The molecule has 0 aliphatic heterocycles. The van der Waals surface area contributed by atoms with Gasteiger partial charge in [-0.15, -0.1) is 0 Å². The fourth-order valence-corrected chi connectivity index (χ4v) is 3.01. The van der Waals surface area contributed by atoms with Crippen molar-refractivity contribution in [1.82, 2.24) is 4.98 Å². The summed E-state index contributed by atoms with van der Waals surface area (Å²) >= 11 is 0. The molecule has 0 saturated heterocycles. The third-order valence-corrected chi connectivity index (χ3v) is 4.39. The number of aromatic nitrogens is 1. The second-order valence-corrected chi connectivity index (χ2v) is 5.83. The molecule has 0 bridgehead atoms. The lowest BCUT2D eigenvalue weighted by Gasteiger charge is -2.13. The van der Waals surface area contributed by atoms with E-state index < -0.39 is 0 Å². The van der Waals surface area contributed by atoms with Gasteiger partial charge >= 0.3 is 0 Å². The molecular weight excluding hydrogens is 284 g/mol. The van der Waals surface area contributed by atoms with Crippen LogP contribution in [-0.4, -0.2) is 10.9 Å². The fourth-order valence-electron chi connectivity index (χ4n) is 3.01. The van der Waals surface area contributed by atoms with E-state index in [2.05, 4.69) is 48.4 Å². The second-order valence-electron chi connectivity index (χ2n) is 5.83. The Labute approximate surface area is 136 Å². The van der Waals surface area contributed by atoms with Crippen LogP contribution >= 0.6 is 0 Å². The molecule has 0 unspecified atom stereocenters. The van der Waals surface area contributed by atoms with Crippen molar-refractivity contribution < 1.29 is 4.79 Å². The van der Waals surface area contributed by atoms with Crippen LogP contribution in [0.2, 0.25) is 0 Å². The largest absolute Gasteiger partial charge is 0.361 e. The first-order valence-corrected chi connectivity index (χ1v) is 8.20. The zero-order chi connectivity index (χ0) is 16.2. The Balaban J connectivity index is 1.91. The summed E-state index contributed by atoms with van der Waals surface area (Å²) in [7, 11) is 0. The van der Waals surface area contributed by atoms with Gasteiger partial charge < -0.3 is 10.3 Å². The van der Waals surface area contributed by atoms with Gasteiger partial charge in [0.15, 0.2) is 0 Å². The maximum Gasteiger partial charge on any atom is 0.227 e. The van der Waals surface area contributed by atoms with Gasteiger partial charge in [-0.2, -0.15) is 0 Å². The topological polar surface area (TPSA) is 44.9 Å². The Morgan fingerprint density at radius 2 is 1.87 bits per heavy atom. The molecule has 0 spiro atoms. The van der Waals surface area contributed by atoms with Gasteiger partial charge in [-0.05, 0) is 48.2 Å². The number of benzene rings is 2. The molecule has 2 N–H and O–H groups in total. The SMILES string of the molecule is CCC(CC)C(=O)Nc1cccc(-c2cccc3[nH]ccc23)c1. The maximum atomic E-state index is 12.3. The highest BCUT2D eigenvalue weighted by Gasteiger charge is 2.14. The van der Waals surface area contributed by atoms with E-state index in [1.807, 2.05) is 30.5 Å². The Morgan fingerprint density at radius 1 is 1.09 bits per heavy atom. The van der Waals surface area contributed by atoms with Crippen LogP contribution in [0, 0.1) is 5.92 Å². The third-order valence-electron chi connectivity index (χ3n) is 4.39. The number of H-pyrrole nitrogens is 1. The third kappa shape index (κ3) is 3.14. The average molecular weight is 306 g/mol. The summed E-state index contributed by atoms with van der Waals surface area (Å²) in [6, 6.07) is 16.4. The molecule has 0 aliphatic carbocycles. The van der Waals surface area contributed by atoms with Crippen molar-refractivity contribution in [2.75, 3.05) is 5.32 Å². The van der Waals surface area contributed by atoms with Crippen molar-refractivity contribution in [3.05, 3.63) is 54.7 Å². The van der Waals surface area contributed by atoms with Crippen LogP contribution in [0.3, 0.4) is 0 Å². The number of rotatable bonds is 5. The monoisotopic (exact) mass is 306 g/mol. The Bertz CT molecular complexity index is 815. The van der Waals surface area contributed by atoms with Crippen molar-refractivity contribution in [3.63, 3.8) is 0 Å². The molecule has 0 saturated carbocycles. The molecule has 0 radical (unpaired) electrons. The van der Waals surface area contributed by atoms with Crippen LogP contribution in [0.25, 0.3) is 22.0 Å². The highest BCUT2D eigenvalue weighted by molar-refractivity contribution is 5.97. The molecule has 3 rings (SSSR count). The summed E-state index contributed by atoms with van der Waals surface area (Å²) in [5.74, 6) is 0.179. The molecule has 3 aromatic rings. The van der Waals surface area contributed by atoms with E-state index in [1.165, 1.54) is 10.9 Å². The summed E-state index contributed by atoms with van der Waals surface area (Å²) in [6.07, 6.45) is 3.68. The van der Waals surface area contributed by atoms with E-state index in [0.717, 1.165) is 29.6 Å². The Hall–Kier alpha value is -2.55. The molecule has 3 nitrogen and oxygen atoms in total. The van der Waals surface area contributed by atoms with E-state index in [0.29, 0.717) is 0 Å². The zero-order valence-corrected chi connectivity index (χ0v) is 13.6. The zero-order valence-electron chi connectivity index (χ0n) is 13.6. The molecule has 1 amide bonds. The molecule has 0 atom stereocenters. The highest BCUT2D eigenvalue weighted by Crippen LogP contribution is 2.29. The lowest BCUT2D eigenvalue weighted by atomic mass is 10.0. The standard InChI is InChI=1S/C20H22N2O/c1-3-14(4-2)20(23)22-16-8-5-7-15(13-16)17-9-6-10-19-18(17)11-12-21-19/h5-14,21H,3-4H2,1-2H3,(H,22,23). The van der Waals surface area contributed by atoms with Crippen molar-refractivity contribution in [2.45, 2.75) is 26.7 Å². The minimum atomic E-state index is 0.0757. The van der Waals surface area contributed by atoms with Crippen LogP contribution in [-0.2, 0) is 4.79 Å². The van der Waals surface area contributed by atoms with E-state index in [1.54, 1.807) is 0 Å². The van der Waals surface area contributed by atoms with Gasteiger partial charge in [0.1, 0.15) is 0 Å². The van der Waals surface area contributed by atoms with Gasteiger partial charge in [-0.3, -0.25) is 4.79 Å². The summed E-state index contributed by atoms with van der Waals surface area (Å²) < 4.78 is 0. The number of carbonyl (C=O) groups is 1. The van der Waals surface area contributed by atoms with Gasteiger partial charge in [0.25, 0.3) is 0 Å². The van der Waals surface area contributed by atoms with Crippen LogP contribution < -0.4 is 5.32 Å². The number of amides is 1. The fraction of sp³-hybridized carbons (Fsp3) is 0.250. The van der Waals surface area contributed by atoms with Gasteiger partial charge in [0.2, 0.25) is 5.91 Å². The molecule has 0 aliphatic rings. The normalized spacial score (nSPS) is 11.1. The minimum absolute atomic E-state index is 0.0757. The summed E-state index contributed by atoms with van der Waals surface area (Å²) in [5.41, 5.74) is 4.25. The van der Waals surface area contributed by atoms with Crippen LogP contribution in [0.5, 0.6) is 0 Å². The first-order chi connectivity index (χ1) is 11.2. The van der Waals surface area contributed by atoms with Crippen molar-refractivity contribution in [1.29, 1.82) is 0 Å². The number of nitrogens with one attached hydrogen (secondary N) is 2. The lowest BCUT2D eigenvalue weighted by molar-refractivity contribution is -0.120. The quantitative estimate of drug-likeness (QED) is 0.667. The van der Waals surface area contributed by atoms with E-state index in [9.17, 15) is 4.79 Å². The molecule has 118 valence electrons. The Kier molecular flexibility index (Phi) is 4.47. The predicted octanol–water partition coefficient (Wildman–Crippen LogP) is 5.21. The smallest absolute Gasteiger partial charge is 0.227 e. The summed E-state index contributed by atoms with van der Waals surface area (Å²) in [5, 5.41) is 4.24. The molecule has 2 aromatic carbocycles. The van der Waals surface area contributed by atoms with Crippen LogP contribution in [0.4, 0.5) is 5.69 Å². The number of aromatic amines is 1. The first-order valence-electron chi connectivity index (χ1n) is 8.20. The van der Waals surface area contributed by atoms with E-state index in [4.69, 9.17) is 0 Å². The van der Waals surface area contributed by atoms with Gasteiger partial charge in [0.05, 0.1) is 0 Å². The second kappa shape index (κ2) is 6.69. The Morgan fingerprint density at radius 3 is 2.65 bits per heavy atom. The number of carbonyl (C=O) groups excluding carboxylic acids is 1. The average Bonchev–Trinajstić information content (AvgIpc) is 3.04. The minimum Gasteiger partial charge on any atom is -0.361 e. The van der Waals surface area contributed by atoms with Crippen molar-refractivity contribution in [2.24, 2.45) is 5.92 Å². The number of hydrogen-bond acceptors (Lipinski definition) is 1. The molecule has 3 heteroatoms.